The van der Waals surface area contributed by atoms with Crippen molar-refractivity contribution >= 4 is 11.0 Å². The zero-order valence-corrected chi connectivity index (χ0v) is 13.0. The summed E-state index contributed by atoms with van der Waals surface area (Å²) >= 11 is 0. The Bertz CT molecular complexity index is 722. The van der Waals surface area contributed by atoms with Crippen molar-refractivity contribution in [2.75, 3.05) is 13.2 Å². The molecule has 0 radical (unpaired) electrons. The highest BCUT2D eigenvalue weighted by atomic mass is 16.7. The van der Waals surface area contributed by atoms with Gasteiger partial charge in [0.05, 0.1) is 12.0 Å². The molecule has 1 fully saturated rings. The summed E-state index contributed by atoms with van der Waals surface area (Å²) in [5.41, 5.74) is -0.102. The second-order valence-electron chi connectivity index (χ2n) is 5.54. The minimum absolute atomic E-state index is 0.0593. The van der Waals surface area contributed by atoms with E-state index < -0.39 is 5.60 Å². The van der Waals surface area contributed by atoms with Gasteiger partial charge < -0.3 is 18.6 Å². The number of hydrogen-bond donors (Lipinski definition) is 0. The molecule has 0 saturated carbocycles. The van der Waals surface area contributed by atoms with Gasteiger partial charge in [-0.25, -0.2) is 0 Å². The van der Waals surface area contributed by atoms with Crippen LogP contribution in [-0.2, 0) is 19.8 Å². The molecule has 0 amide bonds. The summed E-state index contributed by atoms with van der Waals surface area (Å²) in [6.07, 6.45) is -0.415. The van der Waals surface area contributed by atoms with Gasteiger partial charge in [-0.3, -0.25) is 4.79 Å². The summed E-state index contributed by atoms with van der Waals surface area (Å²) in [4.78, 5) is 12.2. The van der Waals surface area contributed by atoms with Crippen molar-refractivity contribution in [1.82, 2.24) is 0 Å². The van der Waals surface area contributed by atoms with Crippen LogP contribution >= 0.6 is 0 Å². The van der Waals surface area contributed by atoms with Crippen LogP contribution < -0.4 is 5.43 Å². The van der Waals surface area contributed by atoms with Crippen LogP contribution in [0.2, 0.25) is 0 Å². The molecular formula is C17H20O5. The normalized spacial score (nSPS) is 25.3. The number of fused-ring (bicyclic) bond motifs is 1. The summed E-state index contributed by atoms with van der Waals surface area (Å²) < 4.78 is 22.4. The van der Waals surface area contributed by atoms with Gasteiger partial charge in [-0.05, 0) is 32.9 Å². The summed E-state index contributed by atoms with van der Waals surface area (Å²) in [5.74, 6) is 0.536. The Morgan fingerprint density at radius 2 is 2.09 bits per heavy atom. The lowest BCUT2D eigenvalue weighted by molar-refractivity contribution is -0.129. The highest BCUT2D eigenvalue weighted by Gasteiger charge is 2.56. The maximum absolute atomic E-state index is 12.2. The van der Waals surface area contributed by atoms with E-state index in [1.807, 2.05) is 32.9 Å². The van der Waals surface area contributed by atoms with Crippen molar-refractivity contribution < 1.29 is 18.6 Å². The van der Waals surface area contributed by atoms with Crippen LogP contribution in [0.15, 0.2) is 39.5 Å². The van der Waals surface area contributed by atoms with Crippen molar-refractivity contribution in [3.05, 3.63) is 46.3 Å². The second-order valence-corrected chi connectivity index (χ2v) is 5.54. The smallest absolute Gasteiger partial charge is 0.193 e. The predicted molar refractivity (Wildman–Crippen MR) is 81.7 cm³/mol. The Morgan fingerprint density at radius 1 is 1.32 bits per heavy atom. The van der Waals surface area contributed by atoms with Gasteiger partial charge in [0.1, 0.15) is 17.4 Å². The molecule has 0 bridgehead atoms. The summed E-state index contributed by atoms with van der Waals surface area (Å²) in [5, 5.41) is 0.577. The van der Waals surface area contributed by atoms with Gasteiger partial charge >= 0.3 is 0 Å². The number of para-hydroxylation sites is 1. The van der Waals surface area contributed by atoms with E-state index >= 15 is 0 Å². The largest absolute Gasteiger partial charge is 0.458 e. The Hall–Kier alpha value is -1.69. The molecule has 1 aromatic carbocycles. The molecule has 118 valence electrons. The highest BCUT2D eigenvalue weighted by molar-refractivity contribution is 5.76. The molecule has 2 heterocycles. The first-order chi connectivity index (χ1) is 10.5. The third kappa shape index (κ3) is 2.79. The molecule has 1 saturated heterocycles. The van der Waals surface area contributed by atoms with Gasteiger partial charge in [0.15, 0.2) is 17.3 Å². The summed E-state index contributed by atoms with van der Waals surface area (Å²) in [7, 11) is 0. The molecule has 1 unspecified atom stereocenters. The number of ether oxygens (including phenoxy) is 3. The highest BCUT2D eigenvalue weighted by Crippen LogP contribution is 2.46. The maximum Gasteiger partial charge on any atom is 0.193 e. The Labute approximate surface area is 128 Å². The molecule has 0 aliphatic carbocycles. The zero-order valence-electron chi connectivity index (χ0n) is 13.0. The van der Waals surface area contributed by atoms with Crippen molar-refractivity contribution in [3.8, 4) is 0 Å². The minimum atomic E-state index is -0.616. The van der Waals surface area contributed by atoms with E-state index in [1.54, 1.807) is 12.1 Å². The number of epoxide rings is 1. The third-order valence-corrected chi connectivity index (χ3v) is 3.95. The van der Waals surface area contributed by atoms with E-state index in [-0.39, 0.29) is 17.8 Å². The van der Waals surface area contributed by atoms with Crippen LogP contribution in [0.4, 0.5) is 0 Å². The topological polar surface area (TPSA) is 61.2 Å². The number of benzene rings is 1. The molecule has 5 heteroatoms. The van der Waals surface area contributed by atoms with Crippen LogP contribution in [-0.4, -0.2) is 25.6 Å². The predicted octanol–water partition coefficient (Wildman–Crippen LogP) is 2.81. The molecule has 1 aromatic heterocycles. The molecule has 0 spiro atoms. The first kappa shape index (κ1) is 15.2. The molecular weight excluding hydrogens is 284 g/mol. The fraction of sp³-hybridized carbons (Fsp3) is 0.471. The maximum atomic E-state index is 12.2. The first-order valence-corrected chi connectivity index (χ1v) is 7.49. The van der Waals surface area contributed by atoms with Crippen LogP contribution in [0.1, 0.15) is 26.5 Å². The van der Waals surface area contributed by atoms with E-state index in [2.05, 4.69) is 0 Å². The van der Waals surface area contributed by atoms with Crippen molar-refractivity contribution in [3.63, 3.8) is 0 Å². The molecule has 3 rings (SSSR count). The first-order valence-electron chi connectivity index (χ1n) is 7.49. The zero-order chi connectivity index (χ0) is 15.7. The lowest BCUT2D eigenvalue weighted by atomic mass is 10.0. The van der Waals surface area contributed by atoms with Gasteiger partial charge in [0.2, 0.25) is 0 Å². The molecule has 2 aromatic rings. The van der Waals surface area contributed by atoms with E-state index in [0.29, 0.717) is 29.9 Å². The Kier molecular flexibility index (Phi) is 4.04. The Morgan fingerprint density at radius 3 is 2.86 bits per heavy atom. The van der Waals surface area contributed by atoms with E-state index in [4.69, 9.17) is 18.6 Å². The van der Waals surface area contributed by atoms with Gasteiger partial charge in [-0.15, -0.1) is 0 Å². The van der Waals surface area contributed by atoms with Crippen LogP contribution in [0.3, 0.4) is 0 Å². The van der Waals surface area contributed by atoms with Crippen molar-refractivity contribution in [1.29, 1.82) is 0 Å². The average Bonchev–Trinajstić information content (AvgIpc) is 3.18. The van der Waals surface area contributed by atoms with E-state index in [1.165, 1.54) is 6.07 Å². The quantitative estimate of drug-likeness (QED) is 0.606. The minimum Gasteiger partial charge on any atom is -0.458 e. The average molecular weight is 304 g/mol. The molecule has 1 aliphatic heterocycles. The molecule has 22 heavy (non-hydrogen) atoms. The molecule has 5 nitrogen and oxygen atoms in total. The third-order valence-electron chi connectivity index (χ3n) is 3.95. The molecule has 1 aliphatic rings. The van der Waals surface area contributed by atoms with Crippen molar-refractivity contribution in [2.45, 2.75) is 38.8 Å². The van der Waals surface area contributed by atoms with Crippen LogP contribution in [0.5, 0.6) is 0 Å². The molecule has 3 atom stereocenters. The second kappa shape index (κ2) is 5.83. The van der Waals surface area contributed by atoms with Gasteiger partial charge in [0, 0.05) is 12.7 Å². The van der Waals surface area contributed by atoms with Crippen molar-refractivity contribution in [2.24, 2.45) is 0 Å². The summed E-state index contributed by atoms with van der Waals surface area (Å²) in [6.45, 7) is 6.66. The fourth-order valence-corrected chi connectivity index (χ4v) is 2.53. The lowest BCUT2D eigenvalue weighted by Crippen LogP contribution is -2.20. The van der Waals surface area contributed by atoms with Gasteiger partial charge in [-0.1, -0.05) is 12.1 Å². The van der Waals surface area contributed by atoms with Gasteiger partial charge in [-0.2, -0.15) is 0 Å². The Balaban J connectivity index is 1.76. The van der Waals surface area contributed by atoms with E-state index in [0.717, 1.165) is 0 Å². The standard InChI is InChI=1S/C17H20O5/c1-4-19-11(2)20-10-16-17(3,22-16)15-9-13(18)12-7-5-6-8-14(12)21-15/h5-9,11,16H,4,10H2,1-3H3/t11?,16-,17-/m0/s1. The van der Waals surface area contributed by atoms with Gasteiger partial charge in [0.25, 0.3) is 0 Å². The lowest BCUT2D eigenvalue weighted by Gasteiger charge is -2.12. The number of hydrogen-bond acceptors (Lipinski definition) is 5. The van der Waals surface area contributed by atoms with E-state index in [9.17, 15) is 4.79 Å². The SMILES string of the molecule is CCOC(C)OC[C@@H]1O[C@@]1(C)c1cc(=O)c2ccccc2o1. The molecule has 0 N–H and O–H groups in total. The summed E-state index contributed by atoms with van der Waals surface area (Å²) in [6, 6.07) is 8.71. The monoisotopic (exact) mass is 304 g/mol. The number of rotatable bonds is 6. The fourth-order valence-electron chi connectivity index (χ4n) is 2.53. The van der Waals surface area contributed by atoms with Crippen LogP contribution in [0, 0.1) is 0 Å². The van der Waals surface area contributed by atoms with Crippen LogP contribution in [0.25, 0.3) is 11.0 Å².